The Morgan fingerprint density at radius 2 is 2.50 bits per heavy atom. The number of hydrogen-bond acceptors (Lipinski definition) is 3. The molecule has 0 amide bonds. The molecule has 6 heteroatoms. The Kier molecular flexibility index (Phi) is 5.37. The fourth-order valence-electron chi connectivity index (χ4n) is 2.21. The van der Waals surface area contributed by atoms with Crippen LogP contribution in [0.5, 0.6) is 0 Å². The first-order chi connectivity index (χ1) is 9.63. The van der Waals surface area contributed by atoms with E-state index in [0.717, 1.165) is 42.7 Å². The molecule has 0 radical (unpaired) electrons. The molecule has 0 spiro atoms. The molecule has 0 bridgehead atoms. The molecule has 3 N–H and O–H groups in total. The van der Waals surface area contributed by atoms with Gasteiger partial charge >= 0.3 is 0 Å². The van der Waals surface area contributed by atoms with Crippen molar-refractivity contribution in [2.75, 3.05) is 31.6 Å². The van der Waals surface area contributed by atoms with Crippen LogP contribution < -0.4 is 5.32 Å². The van der Waals surface area contributed by atoms with E-state index in [2.05, 4.69) is 33.2 Å². The van der Waals surface area contributed by atoms with Crippen LogP contribution in [0.1, 0.15) is 19.0 Å². The minimum Gasteiger partial charge on any atom is -0.387 e. The van der Waals surface area contributed by atoms with E-state index in [1.54, 1.807) is 11.8 Å². The number of thioether (sulfide) groups is 1. The van der Waals surface area contributed by atoms with Crippen molar-refractivity contribution in [3.63, 3.8) is 0 Å². The third-order valence-corrected chi connectivity index (χ3v) is 4.61. The van der Waals surface area contributed by atoms with Gasteiger partial charge in [0.1, 0.15) is 0 Å². The second-order valence-corrected chi connectivity index (χ2v) is 6.35. The summed E-state index contributed by atoms with van der Waals surface area (Å²) in [6.07, 6.45) is 2.76. The van der Waals surface area contributed by atoms with Gasteiger partial charge in [0.15, 0.2) is 5.96 Å². The average Bonchev–Trinajstić information content (AvgIpc) is 3.06. The van der Waals surface area contributed by atoms with Crippen molar-refractivity contribution in [3.8, 4) is 0 Å². The molecule has 0 saturated carbocycles. The maximum atomic E-state index is 10.4. The number of guanidine groups is 1. The zero-order valence-corrected chi connectivity index (χ0v) is 13.0. The normalized spacial score (nSPS) is 23.1. The Morgan fingerprint density at radius 1 is 1.65 bits per heavy atom. The van der Waals surface area contributed by atoms with Crippen LogP contribution >= 0.6 is 11.8 Å². The lowest BCUT2D eigenvalue weighted by molar-refractivity contribution is 0.0776. The standard InChI is InChI=1S/C14H24N4OS/c1-3-15-13(17-10-14(19)6-8-20-11-14)18(2)9-12-5-4-7-16-12/h4-5,7,16,19H,3,6,8-11H2,1-2H3,(H,15,17). The maximum Gasteiger partial charge on any atom is 0.194 e. The summed E-state index contributed by atoms with van der Waals surface area (Å²) < 4.78 is 0. The van der Waals surface area contributed by atoms with E-state index in [0.29, 0.717) is 6.54 Å². The van der Waals surface area contributed by atoms with Crippen LogP contribution in [0.4, 0.5) is 0 Å². The largest absolute Gasteiger partial charge is 0.387 e. The summed E-state index contributed by atoms with van der Waals surface area (Å²) in [7, 11) is 2.01. The summed E-state index contributed by atoms with van der Waals surface area (Å²) >= 11 is 1.80. The van der Waals surface area contributed by atoms with Gasteiger partial charge in [0, 0.05) is 31.2 Å². The summed E-state index contributed by atoms with van der Waals surface area (Å²) in [5, 5.41) is 13.6. The zero-order valence-electron chi connectivity index (χ0n) is 12.2. The summed E-state index contributed by atoms with van der Waals surface area (Å²) in [4.78, 5) is 9.86. The molecule has 2 rings (SSSR count). The SMILES string of the molecule is CCNC(=NCC1(O)CCSC1)N(C)Cc1ccc[nH]1. The third-order valence-electron chi connectivity index (χ3n) is 3.37. The first-order valence-electron chi connectivity index (χ1n) is 7.05. The fourth-order valence-corrected chi connectivity index (χ4v) is 3.49. The van der Waals surface area contributed by atoms with Gasteiger partial charge in [0.2, 0.25) is 0 Å². The van der Waals surface area contributed by atoms with Gasteiger partial charge in [-0.25, -0.2) is 0 Å². The highest BCUT2D eigenvalue weighted by Gasteiger charge is 2.31. The number of nitrogens with zero attached hydrogens (tertiary/aromatic N) is 2. The quantitative estimate of drug-likeness (QED) is 0.566. The van der Waals surface area contributed by atoms with Crippen molar-refractivity contribution in [3.05, 3.63) is 24.0 Å². The van der Waals surface area contributed by atoms with Crippen LogP contribution in [0, 0.1) is 0 Å². The van der Waals surface area contributed by atoms with Crippen LogP contribution in [0.3, 0.4) is 0 Å². The summed E-state index contributed by atoms with van der Waals surface area (Å²) in [6, 6.07) is 4.05. The highest BCUT2D eigenvalue weighted by atomic mass is 32.2. The highest BCUT2D eigenvalue weighted by Crippen LogP contribution is 2.27. The van der Waals surface area contributed by atoms with Crippen molar-refractivity contribution >= 4 is 17.7 Å². The molecule has 1 fully saturated rings. The highest BCUT2D eigenvalue weighted by molar-refractivity contribution is 7.99. The van der Waals surface area contributed by atoms with Crippen LogP contribution in [0.2, 0.25) is 0 Å². The Balaban J connectivity index is 1.97. The molecule has 0 aliphatic carbocycles. The lowest BCUT2D eigenvalue weighted by Gasteiger charge is -2.24. The first-order valence-corrected chi connectivity index (χ1v) is 8.20. The van der Waals surface area contributed by atoms with Gasteiger partial charge in [0.25, 0.3) is 0 Å². The van der Waals surface area contributed by atoms with E-state index >= 15 is 0 Å². The number of aromatic nitrogens is 1. The average molecular weight is 296 g/mol. The molecule has 1 aliphatic heterocycles. The van der Waals surface area contributed by atoms with Crippen LogP contribution in [-0.4, -0.2) is 58.2 Å². The molecule has 1 aromatic rings. The fraction of sp³-hybridized carbons (Fsp3) is 0.643. The van der Waals surface area contributed by atoms with Crippen LogP contribution in [0.15, 0.2) is 23.3 Å². The molecule has 1 atom stereocenters. The molecule has 1 saturated heterocycles. The van der Waals surface area contributed by atoms with Gasteiger partial charge in [-0.05, 0) is 31.2 Å². The monoisotopic (exact) mass is 296 g/mol. The van der Waals surface area contributed by atoms with Gasteiger partial charge in [-0.2, -0.15) is 11.8 Å². The van der Waals surface area contributed by atoms with Crippen LogP contribution in [0.25, 0.3) is 0 Å². The second-order valence-electron chi connectivity index (χ2n) is 5.25. The molecular formula is C14H24N4OS. The van der Waals surface area contributed by atoms with Gasteiger partial charge in [-0.15, -0.1) is 0 Å². The Morgan fingerprint density at radius 3 is 3.10 bits per heavy atom. The van der Waals surface area contributed by atoms with Gasteiger partial charge in [0.05, 0.1) is 18.7 Å². The van der Waals surface area contributed by atoms with Gasteiger partial charge in [-0.1, -0.05) is 0 Å². The number of aliphatic imine (C=N–C) groups is 1. The topological polar surface area (TPSA) is 63.7 Å². The predicted molar refractivity (Wildman–Crippen MR) is 85.1 cm³/mol. The number of rotatable bonds is 5. The first kappa shape index (κ1) is 15.3. The van der Waals surface area contributed by atoms with E-state index in [1.165, 1.54) is 0 Å². The minimum atomic E-state index is -0.626. The molecule has 5 nitrogen and oxygen atoms in total. The Hall–Kier alpha value is -1.14. The predicted octanol–water partition coefficient (Wildman–Crippen LogP) is 1.28. The number of aromatic amines is 1. The zero-order chi connectivity index (χ0) is 14.4. The van der Waals surface area contributed by atoms with Crippen LogP contribution in [-0.2, 0) is 6.54 Å². The van der Waals surface area contributed by atoms with E-state index in [9.17, 15) is 5.11 Å². The molecule has 2 heterocycles. The van der Waals surface area contributed by atoms with E-state index in [-0.39, 0.29) is 0 Å². The summed E-state index contributed by atoms with van der Waals surface area (Å²) in [6.45, 7) is 4.11. The second kappa shape index (κ2) is 7.04. The molecule has 112 valence electrons. The van der Waals surface area contributed by atoms with Crippen molar-refractivity contribution in [2.45, 2.75) is 25.5 Å². The van der Waals surface area contributed by atoms with Crippen molar-refractivity contribution in [2.24, 2.45) is 4.99 Å². The molecule has 0 aromatic carbocycles. The Bertz CT molecular complexity index is 426. The van der Waals surface area contributed by atoms with Gasteiger partial charge < -0.3 is 20.3 Å². The van der Waals surface area contributed by atoms with E-state index in [1.807, 2.05) is 19.3 Å². The molecular weight excluding hydrogens is 272 g/mol. The molecule has 1 aliphatic rings. The third kappa shape index (κ3) is 4.18. The van der Waals surface area contributed by atoms with Gasteiger partial charge in [-0.3, -0.25) is 4.99 Å². The summed E-state index contributed by atoms with van der Waals surface area (Å²) in [5.41, 5.74) is 0.520. The summed E-state index contributed by atoms with van der Waals surface area (Å²) in [5.74, 6) is 2.66. The molecule has 1 aromatic heterocycles. The van der Waals surface area contributed by atoms with E-state index in [4.69, 9.17) is 0 Å². The smallest absolute Gasteiger partial charge is 0.194 e. The van der Waals surface area contributed by atoms with Crippen molar-refractivity contribution in [1.29, 1.82) is 0 Å². The number of aliphatic hydroxyl groups is 1. The van der Waals surface area contributed by atoms with Crippen molar-refractivity contribution in [1.82, 2.24) is 15.2 Å². The lowest BCUT2D eigenvalue weighted by atomic mass is 10.1. The van der Waals surface area contributed by atoms with Crippen molar-refractivity contribution < 1.29 is 5.11 Å². The molecule has 20 heavy (non-hydrogen) atoms. The van der Waals surface area contributed by atoms with E-state index < -0.39 is 5.60 Å². The number of H-pyrrole nitrogens is 1. The number of hydrogen-bond donors (Lipinski definition) is 3. The molecule has 1 unspecified atom stereocenters. The maximum absolute atomic E-state index is 10.4. The minimum absolute atomic E-state index is 0.470. The Labute approximate surface area is 124 Å². The lowest BCUT2D eigenvalue weighted by Crippen LogP contribution is -2.41. The number of nitrogens with one attached hydrogen (secondary N) is 2.